The van der Waals surface area contributed by atoms with Crippen LogP contribution in [-0.2, 0) is 9.53 Å². The molecule has 1 aromatic carbocycles. The summed E-state index contributed by atoms with van der Waals surface area (Å²) in [6.45, 7) is 6.83. The van der Waals surface area contributed by atoms with E-state index < -0.39 is 6.10 Å². The lowest BCUT2D eigenvalue weighted by Gasteiger charge is -2.26. The van der Waals surface area contributed by atoms with Gasteiger partial charge >= 0.3 is 0 Å². The van der Waals surface area contributed by atoms with Crippen molar-refractivity contribution in [3.8, 4) is 5.75 Å². The van der Waals surface area contributed by atoms with Crippen molar-refractivity contribution in [2.45, 2.75) is 38.4 Å². The van der Waals surface area contributed by atoms with Gasteiger partial charge in [-0.3, -0.25) is 9.69 Å². The highest BCUT2D eigenvalue weighted by atomic mass is 19.1. The summed E-state index contributed by atoms with van der Waals surface area (Å²) in [7, 11) is 0. The third-order valence-electron chi connectivity index (χ3n) is 4.84. The van der Waals surface area contributed by atoms with Gasteiger partial charge in [-0.05, 0) is 44.9 Å². The van der Waals surface area contributed by atoms with E-state index in [0.29, 0.717) is 18.4 Å². The predicted octanol–water partition coefficient (Wildman–Crippen LogP) is 2.31. The number of hydrogen-bond donors (Lipinski definition) is 0. The van der Waals surface area contributed by atoms with Crippen LogP contribution >= 0.6 is 0 Å². The Kier molecular flexibility index (Phi) is 6.26. The molecule has 0 bridgehead atoms. The zero-order chi connectivity index (χ0) is 17.6. The van der Waals surface area contributed by atoms with E-state index >= 15 is 0 Å². The fourth-order valence-electron chi connectivity index (χ4n) is 3.50. The Bertz CT molecular complexity index is 578. The molecule has 3 rings (SSSR count). The molecular formula is C19H27FN2O3. The maximum atomic E-state index is 13.2. The molecule has 0 aliphatic carbocycles. The van der Waals surface area contributed by atoms with E-state index in [9.17, 15) is 9.18 Å². The Hall–Kier alpha value is -1.66. The number of benzene rings is 1. The number of amides is 1. The molecule has 0 N–H and O–H groups in total. The maximum Gasteiger partial charge on any atom is 0.263 e. The Morgan fingerprint density at radius 1 is 1.32 bits per heavy atom. The minimum Gasteiger partial charge on any atom is -0.481 e. The van der Waals surface area contributed by atoms with Crippen molar-refractivity contribution in [2.24, 2.45) is 0 Å². The summed E-state index contributed by atoms with van der Waals surface area (Å²) < 4.78 is 24.6. The molecule has 2 aliphatic rings. The number of carbonyl (C=O) groups excluding carboxylic acids is 1. The Balaban J connectivity index is 1.49. The molecule has 2 aliphatic heterocycles. The first-order chi connectivity index (χ1) is 12.1. The second-order valence-corrected chi connectivity index (χ2v) is 6.83. The first-order valence-corrected chi connectivity index (χ1v) is 9.17. The summed E-state index contributed by atoms with van der Waals surface area (Å²) in [6, 6.07) is 5.90. The highest BCUT2D eigenvalue weighted by molar-refractivity contribution is 5.81. The number of rotatable bonds is 5. The van der Waals surface area contributed by atoms with E-state index in [-0.39, 0.29) is 11.7 Å². The number of carbonyl (C=O) groups is 1. The molecule has 6 heteroatoms. The molecule has 25 heavy (non-hydrogen) atoms. The van der Waals surface area contributed by atoms with Crippen molar-refractivity contribution in [3.05, 3.63) is 30.1 Å². The van der Waals surface area contributed by atoms with Crippen LogP contribution in [0.4, 0.5) is 4.39 Å². The summed E-state index contributed by atoms with van der Waals surface area (Å²) in [5.41, 5.74) is 0. The van der Waals surface area contributed by atoms with Gasteiger partial charge in [0.1, 0.15) is 11.6 Å². The van der Waals surface area contributed by atoms with E-state index in [0.717, 1.165) is 52.0 Å². The summed E-state index contributed by atoms with van der Waals surface area (Å²) in [6.07, 6.45) is 2.96. The van der Waals surface area contributed by atoms with Gasteiger partial charge in [-0.2, -0.15) is 0 Å². The molecule has 138 valence electrons. The van der Waals surface area contributed by atoms with Crippen LogP contribution in [0.2, 0.25) is 0 Å². The second kappa shape index (κ2) is 8.63. The Labute approximate surface area is 148 Å². The molecule has 0 unspecified atom stereocenters. The molecule has 0 saturated carbocycles. The zero-order valence-electron chi connectivity index (χ0n) is 14.8. The number of halogens is 1. The van der Waals surface area contributed by atoms with Gasteiger partial charge in [0.2, 0.25) is 0 Å². The zero-order valence-corrected chi connectivity index (χ0v) is 14.8. The van der Waals surface area contributed by atoms with E-state index in [1.165, 1.54) is 12.1 Å². The summed E-state index contributed by atoms with van der Waals surface area (Å²) in [5.74, 6) is -0.0180. The topological polar surface area (TPSA) is 42.0 Å². The maximum absolute atomic E-state index is 13.2. The van der Waals surface area contributed by atoms with Gasteiger partial charge in [0.05, 0.1) is 6.10 Å². The van der Waals surface area contributed by atoms with Crippen LogP contribution in [0.3, 0.4) is 0 Å². The smallest absolute Gasteiger partial charge is 0.263 e. The number of hydrogen-bond acceptors (Lipinski definition) is 4. The van der Waals surface area contributed by atoms with E-state index in [1.807, 2.05) is 4.90 Å². The van der Waals surface area contributed by atoms with E-state index in [4.69, 9.17) is 9.47 Å². The monoisotopic (exact) mass is 350 g/mol. The number of nitrogens with zero attached hydrogens (tertiary/aromatic N) is 2. The first-order valence-electron chi connectivity index (χ1n) is 9.17. The highest BCUT2D eigenvalue weighted by Gasteiger charge is 2.26. The van der Waals surface area contributed by atoms with Crippen LogP contribution in [0, 0.1) is 5.82 Å². The molecule has 1 amide bonds. The first kappa shape index (κ1) is 18.1. The van der Waals surface area contributed by atoms with Crippen LogP contribution in [0.1, 0.15) is 26.2 Å². The average molecular weight is 350 g/mol. The largest absolute Gasteiger partial charge is 0.481 e. The fraction of sp³-hybridized carbons (Fsp3) is 0.632. The molecule has 2 atom stereocenters. The lowest BCUT2D eigenvalue weighted by molar-refractivity contribution is -0.137. The number of ether oxygens (including phenoxy) is 2. The van der Waals surface area contributed by atoms with Gasteiger partial charge < -0.3 is 14.4 Å². The summed E-state index contributed by atoms with van der Waals surface area (Å²) in [5, 5.41) is 0. The van der Waals surface area contributed by atoms with Crippen LogP contribution in [0.15, 0.2) is 24.3 Å². The van der Waals surface area contributed by atoms with Crippen molar-refractivity contribution >= 4 is 5.91 Å². The van der Waals surface area contributed by atoms with Crippen LogP contribution in [0.25, 0.3) is 0 Å². The van der Waals surface area contributed by atoms with Crippen molar-refractivity contribution < 1.29 is 18.7 Å². The minimum absolute atomic E-state index is 0.0387. The van der Waals surface area contributed by atoms with Crippen molar-refractivity contribution in [2.75, 3.05) is 39.3 Å². The molecular weight excluding hydrogens is 323 g/mol. The van der Waals surface area contributed by atoms with Gasteiger partial charge in [-0.1, -0.05) is 6.07 Å². The summed E-state index contributed by atoms with van der Waals surface area (Å²) >= 11 is 0. The average Bonchev–Trinajstić information content (AvgIpc) is 2.99. The molecule has 2 heterocycles. The molecule has 2 fully saturated rings. The minimum atomic E-state index is -0.619. The van der Waals surface area contributed by atoms with Crippen molar-refractivity contribution in [1.82, 2.24) is 9.80 Å². The van der Waals surface area contributed by atoms with Crippen molar-refractivity contribution in [1.29, 1.82) is 0 Å². The predicted molar refractivity (Wildman–Crippen MR) is 93.1 cm³/mol. The standard InChI is InChI=1S/C19H27FN2O3/c1-15(25-17-6-2-5-16(20)13-17)19(23)22-9-4-8-21(10-11-22)14-18-7-3-12-24-18/h2,5-6,13,15,18H,3-4,7-12,14H2,1H3/t15-,18+/m0/s1. The van der Waals surface area contributed by atoms with Crippen LogP contribution < -0.4 is 4.74 Å². The van der Waals surface area contributed by atoms with E-state index in [1.54, 1.807) is 19.1 Å². The molecule has 0 aromatic heterocycles. The van der Waals surface area contributed by atoms with Gasteiger partial charge in [0.25, 0.3) is 5.91 Å². The Morgan fingerprint density at radius 3 is 2.96 bits per heavy atom. The molecule has 5 nitrogen and oxygen atoms in total. The SMILES string of the molecule is C[C@H](Oc1cccc(F)c1)C(=O)N1CCCN(C[C@H]2CCCO2)CC1. The van der Waals surface area contributed by atoms with Crippen LogP contribution in [-0.4, -0.2) is 67.2 Å². The molecule has 0 spiro atoms. The molecule has 0 radical (unpaired) electrons. The third-order valence-corrected chi connectivity index (χ3v) is 4.84. The lowest BCUT2D eigenvalue weighted by Crippen LogP contribution is -2.43. The lowest BCUT2D eigenvalue weighted by atomic mass is 10.2. The Morgan fingerprint density at radius 2 is 2.20 bits per heavy atom. The molecule has 2 saturated heterocycles. The van der Waals surface area contributed by atoms with Gasteiger partial charge in [-0.15, -0.1) is 0 Å². The van der Waals surface area contributed by atoms with Gasteiger partial charge in [-0.25, -0.2) is 4.39 Å². The quantitative estimate of drug-likeness (QED) is 0.817. The summed E-state index contributed by atoms with van der Waals surface area (Å²) in [4.78, 5) is 16.9. The highest BCUT2D eigenvalue weighted by Crippen LogP contribution is 2.17. The normalized spacial score (nSPS) is 23.3. The van der Waals surface area contributed by atoms with Crippen molar-refractivity contribution in [3.63, 3.8) is 0 Å². The van der Waals surface area contributed by atoms with Crippen LogP contribution in [0.5, 0.6) is 5.75 Å². The molecule has 1 aromatic rings. The van der Waals surface area contributed by atoms with E-state index in [2.05, 4.69) is 4.90 Å². The van der Waals surface area contributed by atoms with Gasteiger partial charge in [0, 0.05) is 38.9 Å². The van der Waals surface area contributed by atoms with Gasteiger partial charge in [0.15, 0.2) is 6.10 Å². The second-order valence-electron chi connectivity index (χ2n) is 6.83. The fourth-order valence-corrected chi connectivity index (χ4v) is 3.50. The third kappa shape index (κ3) is 5.16.